The Labute approximate surface area is 180 Å². The molecule has 152 valence electrons. The second-order valence-electron chi connectivity index (χ2n) is 7.20. The molecule has 0 aliphatic carbocycles. The number of hydrogen-bond donors (Lipinski definition) is 0. The predicted molar refractivity (Wildman–Crippen MR) is 119 cm³/mol. The second-order valence-corrected chi connectivity index (χ2v) is 9.60. The van der Waals surface area contributed by atoms with Crippen molar-refractivity contribution in [1.29, 1.82) is 0 Å². The lowest BCUT2D eigenvalue weighted by molar-refractivity contribution is 0.141. The van der Waals surface area contributed by atoms with E-state index < -0.39 is 11.0 Å². The van der Waals surface area contributed by atoms with Crippen LogP contribution in [0.5, 0.6) is 0 Å². The third-order valence-corrected chi connectivity index (χ3v) is 7.45. The Bertz CT molecular complexity index is 1110. The summed E-state index contributed by atoms with van der Waals surface area (Å²) in [7, 11) is 0.640. The van der Waals surface area contributed by atoms with Crippen LogP contribution in [0.1, 0.15) is 18.8 Å². The lowest BCUT2D eigenvalue weighted by atomic mass is 10.2. The molecule has 2 unspecified atom stereocenters. The van der Waals surface area contributed by atoms with Crippen molar-refractivity contribution in [2.75, 3.05) is 26.2 Å². The van der Waals surface area contributed by atoms with E-state index >= 15 is 0 Å². The molecule has 6 nitrogen and oxygen atoms in total. The average Bonchev–Trinajstić information content (AvgIpc) is 2.76. The summed E-state index contributed by atoms with van der Waals surface area (Å²) in [5.41, 5.74) is 0.670. The minimum Gasteiger partial charge on any atom is -0.298 e. The molecule has 1 fully saturated rings. The highest BCUT2D eigenvalue weighted by molar-refractivity contribution is 9.10. The SMILES string of the molecule is CC(c1nc2ccc(Br)cc2c(=O)n1C)N1CCN(S(=O)c2ccccc2)CC1. The Kier molecular flexibility index (Phi) is 5.96. The molecule has 0 spiro atoms. The van der Waals surface area contributed by atoms with E-state index in [4.69, 9.17) is 4.98 Å². The first-order valence-corrected chi connectivity index (χ1v) is 11.5. The molecule has 4 rings (SSSR count). The lowest BCUT2D eigenvalue weighted by Crippen LogP contribution is -2.48. The topological polar surface area (TPSA) is 58.4 Å². The number of hydrogen-bond acceptors (Lipinski definition) is 4. The molecule has 0 amide bonds. The first-order valence-electron chi connectivity index (χ1n) is 9.58. The fraction of sp³-hybridized carbons (Fsp3) is 0.333. The van der Waals surface area contributed by atoms with Gasteiger partial charge in [0.1, 0.15) is 16.8 Å². The number of piperazine rings is 1. The van der Waals surface area contributed by atoms with Crippen LogP contribution in [0.3, 0.4) is 0 Å². The van der Waals surface area contributed by atoms with Gasteiger partial charge in [0.15, 0.2) is 0 Å². The summed E-state index contributed by atoms with van der Waals surface area (Å²) < 4.78 is 17.3. The number of aromatic nitrogens is 2. The standard InChI is InChI=1S/C21H23BrN4O2S/c1-15(20-23-19-9-8-16(22)14-18(19)21(27)24(20)2)25-10-12-26(13-11-25)29(28)17-6-4-3-5-7-17/h3-9,14-15H,10-13H2,1-2H3. The number of nitrogens with zero attached hydrogens (tertiary/aromatic N) is 4. The van der Waals surface area contributed by atoms with E-state index in [9.17, 15) is 9.00 Å². The molecule has 0 N–H and O–H groups in total. The van der Waals surface area contributed by atoms with Crippen LogP contribution < -0.4 is 5.56 Å². The van der Waals surface area contributed by atoms with Gasteiger partial charge in [0, 0.05) is 37.7 Å². The van der Waals surface area contributed by atoms with Gasteiger partial charge in [0.25, 0.3) is 5.56 Å². The van der Waals surface area contributed by atoms with E-state index in [0.717, 1.165) is 28.3 Å². The molecule has 2 atom stereocenters. The van der Waals surface area contributed by atoms with E-state index in [1.165, 1.54) is 0 Å². The molecular weight excluding hydrogens is 452 g/mol. The number of halogens is 1. The second kappa shape index (κ2) is 8.47. The molecule has 1 aliphatic heterocycles. The third kappa shape index (κ3) is 4.07. The van der Waals surface area contributed by atoms with Crippen LogP contribution in [-0.2, 0) is 18.0 Å². The zero-order valence-corrected chi connectivity index (χ0v) is 18.8. The Morgan fingerprint density at radius 3 is 2.45 bits per heavy atom. The molecule has 2 heterocycles. The molecule has 2 aromatic carbocycles. The van der Waals surface area contributed by atoms with Crippen LogP contribution in [0.25, 0.3) is 10.9 Å². The molecule has 1 aromatic heterocycles. The Morgan fingerprint density at radius 2 is 1.76 bits per heavy atom. The van der Waals surface area contributed by atoms with Crippen molar-refractivity contribution < 1.29 is 4.21 Å². The summed E-state index contributed by atoms with van der Waals surface area (Å²) >= 11 is 3.42. The third-order valence-electron chi connectivity index (χ3n) is 5.45. The minimum atomic E-state index is -1.14. The van der Waals surface area contributed by atoms with E-state index in [0.29, 0.717) is 24.0 Å². The number of rotatable bonds is 4. The highest BCUT2D eigenvalue weighted by atomic mass is 79.9. The van der Waals surface area contributed by atoms with Crippen molar-refractivity contribution in [3.05, 3.63) is 69.2 Å². The molecule has 8 heteroatoms. The molecule has 29 heavy (non-hydrogen) atoms. The van der Waals surface area contributed by atoms with Gasteiger partial charge in [-0.25, -0.2) is 13.5 Å². The summed E-state index contributed by atoms with van der Waals surface area (Å²) in [4.78, 5) is 20.7. The maximum atomic E-state index is 12.8. The van der Waals surface area contributed by atoms with Crippen molar-refractivity contribution in [3.63, 3.8) is 0 Å². The molecule has 0 radical (unpaired) electrons. The molecule has 1 aliphatic rings. The van der Waals surface area contributed by atoms with Crippen LogP contribution in [0.2, 0.25) is 0 Å². The van der Waals surface area contributed by atoms with Crippen molar-refractivity contribution in [3.8, 4) is 0 Å². The molecule has 0 bridgehead atoms. The molecule has 0 saturated carbocycles. The van der Waals surface area contributed by atoms with Crippen LogP contribution in [0.15, 0.2) is 62.7 Å². The van der Waals surface area contributed by atoms with Gasteiger partial charge in [0.05, 0.1) is 21.8 Å². The maximum absolute atomic E-state index is 12.8. The smallest absolute Gasteiger partial charge is 0.261 e. The number of fused-ring (bicyclic) bond motifs is 1. The summed E-state index contributed by atoms with van der Waals surface area (Å²) in [5, 5.41) is 0.612. The normalized spacial score (nSPS) is 18.0. The largest absolute Gasteiger partial charge is 0.298 e. The Hall–Kier alpha value is -1.87. The van der Waals surface area contributed by atoms with E-state index in [2.05, 4.69) is 27.8 Å². The van der Waals surface area contributed by atoms with Gasteiger partial charge < -0.3 is 0 Å². The maximum Gasteiger partial charge on any atom is 0.261 e. The summed E-state index contributed by atoms with van der Waals surface area (Å²) in [5.74, 6) is 0.752. The summed E-state index contributed by atoms with van der Waals surface area (Å²) in [6, 6.07) is 15.1. The van der Waals surface area contributed by atoms with Gasteiger partial charge in [-0.3, -0.25) is 14.3 Å². The molecule has 1 saturated heterocycles. The van der Waals surface area contributed by atoms with Crippen molar-refractivity contribution in [2.45, 2.75) is 17.9 Å². The van der Waals surface area contributed by atoms with Crippen LogP contribution in [0, 0.1) is 0 Å². The van der Waals surface area contributed by atoms with Gasteiger partial charge in [-0.15, -0.1) is 0 Å². The van der Waals surface area contributed by atoms with Gasteiger partial charge >= 0.3 is 0 Å². The van der Waals surface area contributed by atoms with Crippen molar-refractivity contribution >= 4 is 37.8 Å². The highest BCUT2D eigenvalue weighted by Gasteiger charge is 2.27. The fourth-order valence-electron chi connectivity index (χ4n) is 3.74. The van der Waals surface area contributed by atoms with E-state index in [1.807, 2.05) is 52.8 Å². The Balaban J connectivity index is 1.52. The highest BCUT2D eigenvalue weighted by Crippen LogP contribution is 2.23. The first-order chi connectivity index (χ1) is 14.0. The van der Waals surface area contributed by atoms with Crippen LogP contribution in [0.4, 0.5) is 0 Å². The van der Waals surface area contributed by atoms with Crippen LogP contribution >= 0.6 is 15.9 Å². The van der Waals surface area contributed by atoms with Gasteiger partial charge in [0.2, 0.25) is 0 Å². The first kappa shape index (κ1) is 20.4. The molecule has 3 aromatic rings. The van der Waals surface area contributed by atoms with Gasteiger partial charge in [-0.2, -0.15) is 0 Å². The van der Waals surface area contributed by atoms with Gasteiger partial charge in [-0.1, -0.05) is 34.1 Å². The monoisotopic (exact) mass is 474 g/mol. The zero-order valence-electron chi connectivity index (χ0n) is 16.4. The average molecular weight is 475 g/mol. The van der Waals surface area contributed by atoms with E-state index in [1.54, 1.807) is 11.6 Å². The summed E-state index contributed by atoms with van der Waals surface area (Å²) in [6.07, 6.45) is 0. The Morgan fingerprint density at radius 1 is 1.07 bits per heavy atom. The molecular formula is C21H23BrN4O2S. The summed E-state index contributed by atoms with van der Waals surface area (Å²) in [6.45, 7) is 5.04. The van der Waals surface area contributed by atoms with Crippen LogP contribution in [-0.4, -0.2) is 49.1 Å². The predicted octanol–water partition coefficient (Wildman–Crippen LogP) is 3.10. The quantitative estimate of drug-likeness (QED) is 0.582. The van der Waals surface area contributed by atoms with E-state index in [-0.39, 0.29) is 11.6 Å². The van der Waals surface area contributed by atoms with Crippen molar-refractivity contribution in [2.24, 2.45) is 7.05 Å². The lowest BCUT2D eigenvalue weighted by Gasteiger charge is -2.37. The van der Waals surface area contributed by atoms with Crippen molar-refractivity contribution in [1.82, 2.24) is 18.8 Å². The fourth-order valence-corrected chi connectivity index (χ4v) is 5.28. The number of benzene rings is 2. The minimum absolute atomic E-state index is 0.00643. The zero-order chi connectivity index (χ0) is 20.5. The van der Waals surface area contributed by atoms with Gasteiger partial charge in [-0.05, 0) is 37.3 Å².